The molecule has 0 atom stereocenters. The lowest BCUT2D eigenvalue weighted by atomic mass is 10.0. The molecule has 0 spiro atoms. The highest BCUT2D eigenvalue weighted by molar-refractivity contribution is 5.86. The minimum Gasteiger partial charge on any atom is -0.460 e. The highest BCUT2D eigenvalue weighted by atomic mass is 16.6. The first-order valence-electron chi connectivity index (χ1n) is 20.2. The Bertz CT molecular complexity index is 695. The summed E-state index contributed by atoms with van der Waals surface area (Å²) in [6.45, 7) is 17.1. The van der Waals surface area contributed by atoms with Gasteiger partial charge in [-0.25, -0.2) is 4.79 Å². The number of unbranched alkanes of at least 4 members (excludes halogenated alkanes) is 15. The lowest BCUT2D eigenvalue weighted by Gasteiger charge is -2.09. The molecule has 0 fully saturated rings. The Hall–Kier alpha value is -1.15. The smallest absolute Gasteiger partial charge is 0.333 e. The van der Waals surface area contributed by atoms with Crippen molar-refractivity contribution in [2.24, 2.45) is 0 Å². The summed E-state index contributed by atoms with van der Waals surface area (Å²) in [7, 11) is 0. The zero-order valence-corrected chi connectivity index (χ0v) is 32.9. The standard InChI is InChI=1S/C40H78O11/c1-4-5-6-7-8-9-10-11-12-13-14-15-16-17-18-19-20-42-21-22-43-23-24-44-25-26-45-27-28-46-29-30-47-31-32-48-33-34-49-35-36-50-37-38-51-40(41)39(2)3/h2,4-38H2,1,3H3. The summed E-state index contributed by atoms with van der Waals surface area (Å²) in [4.78, 5) is 11.2. The zero-order chi connectivity index (χ0) is 37.0. The summed E-state index contributed by atoms with van der Waals surface area (Å²) < 4.78 is 54.4. The van der Waals surface area contributed by atoms with E-state index in [-0.39, 0.29) is 6.61 Å². The maximum atomic E-state index is 11.2. The molecular weight excluding hydrogens is 656 g/mol. The Morgan fingerprint density at radius 1 is 0.333 bits per heavy atom. The highest BCUT2D eigenvalue weighted by Gasteiger charge is 2.02. The number of hydrogen-bond acceptors (Lipinski definition) is 11. The number of ether oxygens (including phenoxy) is 10. The third-order valence-electron chi connectivity index (χ3n) is 7.93. The minimum atomic E-state index is -0.407. The topological polar surface area (TPSA) is 109 Å². The van der Waals surface area contributed by atoms with Gasteiger partial charge in [0.25, 0.3) is 0 Å². The van der Waals surface area contributed by atoms with Crippen LogP contribution in [0, 0.1) is 0 Å². The zero-order valence-electron chi connectivity index (χ0n) is 32.9. The Morgan fingerprint density at radius 2 is 0.549 bits per heavy atom. The molecule has 0 aromatic rings. The van der Waals surface area contributed by atoms with E-state index in [1.807, 2.05) is 0 Å². The van der Waals surface area contributed by atoms with Gasteiger partial charge in [0, 0.05) is 12.2 Å². The number of carbonyl (C=O) groups excluding carboxylic acids is 1. The van der Waals surface area contributed by atoms with Crippen LogP contribution < -0.4 is 0 Å². The first-order chi connectivity index (χ1) is 25.2. The van der Waals surface area contributed by atoms with E-state index >= 15 is 0 Å². The Morgan fingerprint density at radius 3 is 0.804 bits per heavy atom. The van der Waals surface area contributed by atoms with Crippen LogP contribution in [0.3, 0.4) is 0 Å². The molecule has 304 valence electrons. The van der Waals surface area contributed by atoms with Crippen molar-refractivity contribution < 1.29 is 52.2 Å². The fraction of sp³-hybridized carbons (Fsp3) is 0.925. The van der Waals surface area contributed by atoms with E-state index < -0.39 is 5.97 Å². The predicted molar refractivity (Wildman–Crippen MR) is 203 cm³/mol. The summed E-state index contributed by atoms with van der Waals surface area (Å²) in [5.74, 6) is -0.407. The van der Waals surface area contributed by atoms with Crippen molar-refractivity contribution in [2.75, 3.05) is 126 Å². The van der Waals surface area contributed by atoms with E-state index in [2.05, 4.69) is 13.5 Å². The number of esters is 1. The monoisotopic (exact) mass is 735 g/mol. The number of carbonyl (C=O) groups is 1. The molecule has 0 amide bonds. The van der Waals surface area contributed by atoms with Crippen LogP contribution in [0.1, 0.15) is 117 Å². The van der Waals surface area contributed by atoms with Gasteiger partial charge < -0.3 is 47.4 Å². The van der Waals surface area contributed by atoms with Gasteiger partial charge in [-0.05, 0) is 13.3 Å². The van der Waals surface area contributed by atoms with Crippen molar-refractivity contribution in [3.8, 4) is 0 Å². The van der Waals surface area contributed by atoms with E-state index in [1.54, 1.807) is 6.92 Å². The van der Waals surface area contributed by atoms with E-state index in [4.69, 9.17) is 47.4 Å². The van der Waals surface area contributed by atoms with Gasteiger partial charge in [-0.1, -0.05) is 110 Å². The molecule has 51 heavy (non-hydrogen) atoms. The summed E-state index contributed by atoms with van der Waals surface area (Å²) in [5.41, 5.74) is 0.375. The average molecular weight is 735 g/mol. The molecule has 0 aliphatic heterocycles. The van der Waals surface area contributed by atoms with Crippen LogP contribution in [-0.2, 0) is 52.2 Å². The summed E-state index contributed by atoms with van der Waals surface area (Å²) >= 11 is 0. The highest BCUT2D eigenvalue weighted by Crippen LogP contribution is 2.13. The van der Waals surface area contributed by atoms with Gasteiger partial charge in [0.15, 0.2) is 0 Å². The minimum absolute atomic E-state index is 0.205. The summed E-state index contributed by atoms with van der Waals surface area (Å²) in [6, 6.07) is 0. The number of rotatable bonds is 45. The molecular formula is C40H78O11. The van der Waals surface area contributed by atoms with Crippen LogP contribution >= 0.6 is 0 Å². The molecule has 0 aromatic heterocycles. The third-order valence-corrected chi connectivity index (χ3v) is 7.93. The van der Waals surface area contributed by atoms with E-state index in [0.717, 1.165) is 13.0 Å². The lowest BCUT2D eigenvalue weighted by molar-refractivity contribution is -0.140. The second-order valence-electron chi connectivity index (χ2n) is 12.7. The van der Waals surface area contributed by atoms with Crippen molar-refractivity contribution >= 4 is 5.97 Å². The molecule has 0 saturated carbocycles. The Kier molecular flexibility index (Phi) is 44.0. The Balaban J connectivity index is 3.07. The van der Waals surface area contributed by atoms with Crippen LogP contribution in [-0.4, -0.2) is 132 Å². The molecule has 0 saturated heterocycles. The van der Waals surface area contributed by atoms with Crippen LogP contribution in [0.4, 0.5) is 0 Å². The van der Waals surface area contributed by atoms with Gasteiger partial charge in [0.05, 0.1) is 112 Å². The van der Waals surface area contributed by atoms with Gasteiger partial charge in [-0.3, -0.25) is 0 Å². The maximum absolute atomic E-state index is 11.2. The van der Waals surface area contributed by atoms with Crippen LogP contribution in [0.25, 0.3) is 0 Å². The van der Waals surface area contributed by atoms with Crippen LogP contribution in [0.15, 0.2) is 12.2 Å². The van der Waals surface area contributed by atoms with Crippen LogP contribution in [0.5, 0.6) is 0 Å². The van der Waals surface area contributed by atoms with Crippen LogP contribution in [0.2, 0.25) is 0 Å². The van der Waals surface area contributed by atoms with E-state index in [0.29, 0.717) is 118 Å². The first kappa shape index (κ1) is 49.9. The quantitative estimate of drug-likeness (QED) is 0.0352. The molecule has 0 bridgehead atoms. The second-order valence-corrected chi connectivity index (χ2v) is 12.7. The molecule has 0 aromatic carbocycles. The molecule has 0 rings (SSSR count). The van der Waals surface area contributed by atoms with Gasteiger partial charge >= 0.3 is 5.97 Å². The van der Waals surface area contributed by atoms with Crippen molar-refractivity contribution in [3.05, 3.63) is 12.2 Å². The normalized spacial score (nSPS) is 11.4. The van der Waals surface area contributed by atoms with E-state index in [9.17, 15) is 4.79 Å². The predicted octanol–water partition coefficient (Wildman–Crippen LogP) is 7.52. The average Bonchev–Trinajstić information content (AvgIpc) is 3.13. The SMILES string of the molecule is C=C(C)C(=O)OCCOCCOCCOCCOCCOCCOCCOCCOCCOCCCCCCCCCCCCCCCCCC. The largest absolute Gasteiger partial charge is 0.460 e. The van der Waals surface area contributed by atoms with Crippen molar-refractivity contribution in [2.45, 2.75) is 117 Å². The number of hydrogen-bond donors (Lipinski definition) is 0. The van der Waals surface area contributed by atoms with Crippen molar-refractivity contribution in [3.63, 3.8) is 0 Å². The molecule has 0 aliphatic carbocycles. The van der Waals surface area contributed by atoms with Crippen molar-refractivity contribution in [1.29, 1.82) is 0 Å². The first-order valence-corrected chi connectivity index (χ1v) is 20.2. The maximum Gasteiger partial charge on any atom is 0.333 e. The summed E-state index contributed by atoms with van der Waals surface area (Å²) in [6.07, 6.45) is 22.2. The fourth-order valence-electron chi connectivity index (χ4n) is 4.93. The van der Waals surface area contributed by atoms with Gasteiger partial charge in [-0.2, -0.15) is 0 Å². The van der Waals surface area contributed by atoms with Crippen molar-refractivity contribution in [1.82, 2.24) is 0 Å². The molecule has 11 nitrogen and oxygen atoms in total. The van der Waals surface area contributed by atoms with Gasteiger partial charge in [0.1, 0.15) is 6.61 Å². The van der Waals surface area contributed by atoms with E-state index in [1.165, 1.54) is 96.3 Å². The summed E-state index contributed by atoms with van der Waals surface area (Å²) in [5, 5.41) is 0. The second kappa shape index (κ2) is 45.0. The Labute approximate surface area is 312 Å². The molecule has 0 aliphatic rings. The molecule has 0 N–H and O–H groups in total. The molecule has 11 heteroatoms. The molecule has 0 heterocycles. The fourth-order valence-corrected chi connectivity index (χ4v) is 4.93. The molecule has 0 unspecified atom stereocenters. The molecule has 0 radical (unpaired) electrons. The third kappa shape index (κ3) is 44.9. The lowest BCUT2D eigenvalue weighted by Crippen LogP contribution is -2.15. The van der Waals surface area contributed by atoms with Gasteiger partial charge in [0.2, 0.25) is 0 Å². The van der Waals surface area contributed by atoms with Gasteiger partial charge in [-0.15, -0.1) is 0 Å².